The van der Waals surface area contributed by atoms with E-state index in [0.717, 1.165) is 0 Å². The maximum Gasteiger partial charge on any atom is 0.270 e. The lowest BCUT2D eigenvalue weighted by Crippen LogP contribution is -2.42. The van der Waals surface area contributed by atoms with E-state index in [4.69, 9.17) is 11.0 Å². The smallest absolute Gasteiger partial charge is 0.270 e. The summed E-state index contributed by atoms with van der Waals surface area (Å²) in [6, 6.07) is 4.00. The van der Waals surface area contributed by atoms with Crippen molar-refractivity contribution >= 4 is 11.8 Å². The standard InChI is InChI=1S/C10H10N4O2/c1-6(9(12)15)14-10(16)8-3-2-7(4-11)5-13-8/h2-3,5-6H,1H3,(H2,12,15)(H,14,16). The molecule has 6 heteroatoms. The van der Waals surface area contributed by atoms with Gasteiger partial charge in [0, 0.05) is 6.20 Å². The Bertz CT molecular complexity index is 447. The largest absolute Gasteiger partial charge is 0.368 e. The molecule has 6 nitrogen and oxygen atoms in total. The minimum absolute atomic E-state index is 0.132. The van der Waals surface area contributed by atoms with Crippen LogP contribution in [0.4, 0.5) is 0 Å². The third kappa shape index (κ3) is 2.78. The summed E-state index contributed by atoms with van der Waals surface area (Å²) in [6.45, 7) is 1.48. The summed E-state index contributed by atoms with van der Waals surface area (Å²) in [5.41, 5.74) is 5.48. The second kappa shape index (κ2) is 4.89. The maximum atomic E-state index is 11.5. The topological polar surface area (TPSA) is 109 Å². The Kier molecular flexibility index (Phi) is 3.56. The Morgan fingerprint density at radius 1 is 1.56 bits per heavy atom. The third-order valence-corrected chi connectivity index (χ3v) is 1.90. The molecule has 0 aromatic carbocycles. The molecule has 0 aliphatic rings. The second-order valence-electron chi connectivity index (χ2n) is 3.14. The van der Waals surface area contributed by atoms with Gasteiger partial charge in [-0.2, -0.15) is 5.26 Å². The third-order valence-electron chi connectivity index (χ3n) is 1.90. The van der Waals surface area contributed by atoms with E-state index in [0.29, 0.717) is 5.56 Å². The van der Waals surface area contributed by atoms with Gasteiger partial charge in [0.2, 0.25) is 5.91 Å². The van der Waals surface area contributed by atoms with Crippen molar-refractivity contribution in [1.82, 2.24) is 10.3 Å². The van der Waals surface area contributed by atoms with Gasteiger partial charge in [-0.1, -0.05) is 0 Å². The molecule has 1 aromatic heterocycles. The van der Waals surface area contributed by atoms with Crippen LogP contribution in [0.2, 0.25) is 0 Å². The molecule has 0 radical (unpaired) electrons. The normalized spacial score (nSPS) is 11.2. The summed E-state index contributed by atoms with van der Waals surface area (Å²) >= 11 is 0. The number of pyridine rings is 1. The van der Waals surface area contributed by atoms with Gasteiger partial charge >= 0.3 is 0 Å². The van der Waals surface area contributed by atoms with Crippen molar-refractivity contribution in [3.8, 4) is 6.07 Å². The highest BCUT2D eigenvalue weighted by molar-refractivity contribution is 5.95. The first-order valence-electron chi connectivity index (χ1n) is 4.51. The van der Waals surface area contributed by atoms with E-state index in [-0.39, 0.29) is 5.69 Å². The van der Waals surface area contributed by atoms with Crippen molar-refractivity contribution < 1.29 is 9.59 Å². The fraction of sp³-hybridized carbons (Fsp3) is 0.200. The number of hydrogen-bond acceptors (Lipinski definition) is 4. The SMILES string of the molecule is CC(NC(=O)c1ccc(C#N)cn1)C(N)=O. The van der Waals surface area contributed by atoms with Crippen LogP contribution in [-0.2, 0) is 4.79 Å². The Hall–Kier alpha value is -2.42. The molecular weight excluding hydrogens is 208 g/mol. The highest BCUT2D eigenvalue weighted by atomic mass is 16.2. The molecule has 16 heavy (non-hydrogen) atoms. The average Bonchev–Trinajstić information content (AvgIpc) is 2.28. The first-order chi connectivity index (χ1) is 7.54. The Morgan fingerprint density at radius 3 is 2.69 bits per heavy atom. The predicted molar refractivity (Wildman–Crippen MR) is 55.1 cm³/mol. The maximum absolute atomic E-state index is 11.5. The van der Waals surface area contributed by atoms with Gasteiger partial charge in [0.1, 0.15) is 17.8 Å². The Labute approximate surface area is 92.1 Å². The quantitative estimate of drug-likeness (QED) is 0.716. The molecule has 1 aromatic rings. The molecule has 0 bridgehead atoms. The van der Waals surface area contributed by atoms with Gasteiger partial charge in [0.05, 0.1) is 5.56 Å². The molecule has 2 amide bonds. The number of hydrogen-bond donors (Lipinski definition) is 2. The van der Waals surface area contributed by atoms with Crippen LogP contribution >= 0.6 is 0 Å². The first kappa shape index (κ1) is 11.7. The van der Waals surface area contributed by atoms with Crippen molar-refractivity contribution in [2.45, 2.75) is 13.0 Å². The lowest BCUT2D eigenvalue weighted by molar-refractivity contribution is -0.119. The number of nitrogens with zero attached hydrogens (tertiary/aromatic N) is 2. The predicted octanol–water partition coefficient (Wildman–Crippen LogP) is -0.443. The van der Waals surface area contributed by atoms with E-state index in [1.54, 1.807) is 0 Å². The number of nitrogens with two attached hydrogens (primary N) is 1. The van der Waals surface area contributed by atoms with E-state index < -0.39 is 17.9 Å². The highest BCUT2D eigenvalue weighted by Crippen LogP contribution is 1.99. The fourth-order valence-corrected chi connectivity index (χ4v) is 0.936. The zero-order chi connectivity index (χ0) is 12.1. The van der Waals surface area contributed by atoms with Gasteiger partial charge in [-0.05, 0) is 19.1 Å². The number of nitriles is 1. The lowest BCUT2D eigenvalue weighted by Gasteiger charge is -2.09. The van der Waals surface area contributed by atoms with Crippen LogP contribution in [0.5, 0.6) is 0 Å². The lowest BCUT2D eigenvalue weighted by atomic mass is 10.2. The molecule has 0 aliphatic heterocycles. The van der Waals surface area contributed by atoms with Crippen molar-refractivity contribution in [1.29, 1.82) is 5.26 Å². The van der Waals surface area contributed by atoms with Crippen LogP contribution in [0.1, 0.15) is 23.0 Å². The molecule has 0 saturated carbocycles. The Balaban J connectivity index is 2.74. The molecule has 1 heterocycles. The van der Waals surface area contributed by atoms with Gasteiger partial charge in [-0.25, -0.2) is 4.98 Å². The van der Waals surface area contributed by atoms with Crippen LogP contribution in [0.15, 0.2) is 18.3 Å². The molecule has 0 spiro atoms. The monoisotopic (exact) mass is 218 g/mol. The summed E-state index contributed by atoms with van der Waals surface area (Å²) in [7, 11) is 0. The van der Waals surface area contributed by atoms with E-state index in [2.05, 4.69) is 10.3 Å². The molecule has 0 fully saturated rings. The molecule has 1 rings (SSSR count). The molecular formula is C10H10N4O2. The number of amides is 2. The molecule has 82 valence electrons. The number of primary amides is 1. The van der Waals surface area contributed by atoms with Crippen molar-refractivity contribution in [2.75, 3.05) is 0 Å². The molecule has 1 atom stereocenters. The van der Waals surface area contributed by atoms with Gasteiger partial charge in [0.25, 0.3) is 5.91 Å². The van der Waals surface area contributed by atoms with Crippen molar-refractivity contribution in [3.63, 3.8) is 0 Å². The molecule has 3 N–H and O–H groups in total. The number of carbonyl (C=O) groups excluding carboxylic acids is 2. The number of carbonyl (C=O) groups is 2. The minimum Gasteiger partial charge on any atom is -0.368 e. The molecule has 1 unspecified atom stereocenters. The number of nitrogens with one attached hydrogen (secondary N) is 1. The van der Waals surface area contributed by atoms with E-state index >= 15 is 0 Å². The zero-order valence-electron chi connectivity index (χ0n) is 8.60. The summed E-state index contributed by atoms with van der Waals surface area (Å²) in [5, 5.41) is 10.9. The summed E-state index contributed by atoms with van der Waals surface area (Å²) < 4.78 is 0. The second-order valence-corrected chi connectivity index (χ2v) is 3.14. The van der Waals surface area contributed by atoms with Gasteiger partial charge in [-0.15, -0.1) is 0 Å². The summed E-state index contributed by atoms with van der Waals surface area (Å²) in [6.07, 6.45) is 1.28. The van der Waals surface area contributed by atoms with Crippen molar-refractivity contribution in [2.24, 2.45) is 5.73 Å². The average molecular weight is 218 g/mol. The van der Waals surface area contributed by atoms with Crippen LogP contribution < -0.4 is 11.1 Å². The Morgan fingerprint density at radius 2 is 2.25 bits per heavy atom. The van der Waals surface area contributed by atoms with Crippen LogP contribution in [0.3, 0.4) is 0 Å². The fourth-order valence-electron chi connectivity index (χ4n) is 0.936. The summed E-state index contributed by atoms with van der Waals surface area (Å²) in [5.74, 6) is -1.13. The summed E-state index contributed by atoms with van der Waals surface area (Å²) in [4.78, 5) is 26.0. The molecule has 0 saturated heterocycles. The van der Waals surface area contributed by atoms with Gasteiger partial charge in [-0.3, -0.25) is 9.59 Å². The first-order valence-corrected chi connectivity index (χ1v) is 4.51. The highest BCUT2D eigenvalue weighted by Gasteiger charge is 2.14. The van der Waals surface area contributed by atoms with E-state index in [1.165, 1.54) is 25.3 Å². The zero-order valence-corrected chi connectivity index (χ0v) is 8.60. The minimum atomic E-state index is -0.759. The van der Waals surface area contributed by atoms with Crippen LogP contribution in [-0.4, -0.2) is 22.8 Å². The molecule has 0 aliphatic carbocycles. The van der Waals surface area contributed by atoms with Crippen LogP contribution in [0, 0.1) is 11.3 Å². The van der Waals surface area contributed by atoms with E-state index in [9.17, 15) is 9.59 Å². The van der Waals surface area contributed by atoms with Gasteiger partial charge < -0.3 is 11.1 Å². The number of rotatable bonds is 3. The number of aromatic nitrogens is 1. The van der Waals surface area contributed by atoms with Gasteiger partial charge in [0.15, 0.2) is 0 Å². The van der Waals surface area contributed by atoms with Crippen molar-refractivity contribution in [3.05, 3.63) is 29.6 Å². The van der Waals surface area contributed by atoms with E-state index in [1.807, 2.05) is 6.07 Å². The van der Waals surface area contributed by atoms with Crippen LogP contribution in [0.25, 0.3) is 0 Å².